The number of hydrogen-bond acceptors (Lipinski definition) is 3. The van der Waals surface area contributed by atoms with Crippen LogP contribution < -0.4 is 4.90 Å². The van der Waals surface area contributed by atoms with Crippen LogP contribution in [0.5, 0.6) is 0 Å². The normalized spacial score (nSPS) is 22.6. The lowest BCUT2D eigenvalue weighted by Crippen LogP contribution is -2.54. The van der Waals surface area contributed by atoms with Crippen molar-refractivity contribution in [3.63, 3.8) is 0 Å². The van der Waals surface area contributed by atoms with Crippen molar-refractivity contribution < 1.29 is 14.3 Å². The van der Waals surface area contributed by atoms with Gasteiger partial charge in [-0.2, -0.15) is 0 Å². The molecule has 0 aromatic heterocycles. The maximum atomic E-state index is 12.8. The van der Waals surface area contributed by atoms with Crippen molar-refractivity contribution in [2.45, 2.75) is 12.6 Å². The van der Waals surface area contributed by atoms with Gasteiger partial charge in [0.1, 0.15) is 12.3 Å². The van der Waals surface area contributed by atoms with Gasteiger partial charge in [0.05, 0.1) is 5.69 Å². The Morgan fingerprint density at radius 3 is 2.44 bits per heavy atom. The van der Waals surface area contributed by atoms with E-state index in [1.807, 2.05) is 54.6 Å². The summed E-state index contributed by atoms with van der Waals surface area (Å²) in [7, 11) is 1.73. The van der Waals surface area contributed by atoms with E-state index in [9.17, 15) is 9.59 Å². The van der Waals surface area contributed by atoms with Crippen molar-refractivity contribution in [1.82, 2.24) is 4.90 Å². The van der Waals surface area contributed by atoms with Crippen LogP contribution in [0, 0.1) is 0 Å². The lowest BCUT2D eigenvalue weighted by atomic mass is 9.90. The van der Waals surface area contributed by atoms with Gasteiger partial charge < -0.3 is 9.64 Å². The summed E-state index contributed by atoms with van der Waals surface area (Å²) in [5, 5.41) is 0. The van der Waals surface area contributed by atoms with Gasteiger partial charge in [0.15, 0.2) is 0 Å². The van der Waals surface area contributed by atoms with Gasteiger partial charge in [0.2, 0.25) is 11.6 Å². The fourth-order valence-corrected chi connectivity index (χ4v) is 3.58. The first kappa shape index (κ1) is 15.4. The first-order valence-electron chi connectivity index (χ1n) is 8.14. The number of benzene rings is 2. The van der Waals surface area contributed by atoms with Crippen LogP contribution in [0.25, 0.3) is 0 Å². The maximum Gasteiger partial charge on any atom is 0.254 e. The first-order chi connectivity index (χ1) is 12.0. The molecule has 0 saturated heterocycles. The Balaban J connectivity index is 2.09. The first-order valence-corrected chi connectivity index (χ1v) is 8.14. The Morgan fingerprint density at radius 2 is 1.68 bits per heavy atom. The van der Waals surface area contributed by atoms with E-state index in [1.165, 1.54) is 11.0 Å². The van der Waals surface area contributed by atoms with E-state index in [0.717, 1.165) is 16.8 Å². The molecule has 0 aliphatic carbocycles. The predicted octanol–water partition coefficient (Wildman–Crippen LogP) is 2.63. The highest BCUT2D eigenvalue weighted by Crippen LogP contribution is 2.46. The Bertz CT molecular complexity index is 891. The smallest absolute Gasteiger partial charge is 0.254 e. The molecule has 2 aromatic rings. The molecule has 0 radical (unpaired) electrons. The molecule has 2 amide bonds. The Kier molecular flexibility index (Phi) is 3.39. The zero-order valence-electron chi connectivity index (χ0n) is 14.1. The number of likely N-dealkylation sites (N-methyl/N-ethyl adjacent to an activating group) is 1. The second kappa shape index (κ2) is 5.48. The van der Waals surface area contributed by atoms with Crippen LogP contribution in [-0.2, 0) is 20.1 Å². The van der Waals surface area contributed by atoms with E-state index in [2.05, 4.69) is 0 Å². The van der Waals surface area contributed by atoms with Crippen LogP contribution in [0.2, 0.25) is 0 Å². The van der Waals surface area contributed by atoms with Gasteiger partial charge in [-0.3, -0.25) is 14.5 Å². The summed E-state index contributed by atoms with van der Waals surface area (Å²) in [6, 6.07) is 17.1. The number of carbonyl (C=O) groups is 2. The Labute approximate surface area is 146 Å². The standard InChI is InChI=1S/C20H18N2O3/c1-14-12-18(23)22-13-19(24)21(2)17-11-7-6-10-16(17)20(22,25-14)15-8-4-3-5-9-15/h3-12H,13H2,1-2H3. The van der Waals surface area contributed by atoms with Crippen molar-refractivity contribution >= 4 is 17.5 Å². The Hall–Kier alpha value is -3.08. The summed E-state index contributed by atoms with van der Waals surface area (Å²) < 4.78 is 6.32. The number of carbonyl (C=O) groups excluding carboxylic acids is 2. The molecule has 2 aliphatic heterocycles. The largest absolute Gasteiger partial charge is 0.464 e. The average molecular weight is 334 g/mol. The fraction of sp³-hybridized carbons (Fsp3) is 0.200. The molecule has 25 heavy (non-hydrogen) atoms. The number of allylic oxidation sites excluding steroid dienone is 1. The highest BCUT2D eigenvalue weighted by atomic mass is 16.5. The van der Waals surface area contributed by atoms with E-state index in [4.69, 9.17) is 4.74 Å². The second-order valence-corrected chi connectivity index (χ2v) is 6.26. The third kappa shape index (κ3) is 2.16. The SMILES string of the molecule is CC1=CC(=O)N2CC(=O)N(C)c3ccccc3C2(c2ccccc2)O1. The molecule has 2 heterocycles. The third-order valence-corrected chi connectivity index (χ3v) is 4.74. The van der Waals surface area contributed by atoms with Gasteiger partial charge in [0.25, 0.3) is 5.91 Å². The van der Waals surface area contributed by atoms with Crippen molar-refractivity contribution in [3.05, 3.63) is 77.6 Å². The summed E-state index contributed by atoms with van der Waals surface area (Å²) in [4.78, 5) is 28.6. The topological polar surface area (TPSA) is 49.9 Å². The van der Waals surface area contributed by atoms with E-state index in [-0.39, 0.29) is 18.4 Å². The quantitative estimate of drug-likeness (QED) is 0.805. The number of hydrogen-bond donors (Lipinski definition) is 0. The summed E-state index contributed by atoms with van der Waals surface area (Å²) in [6.07, 6.45) is 1.43. The van der Waals surface area contributed by atoms with Crippen molar-refractivity contribution in [1.29, 1.82) is 0 Å². The van der Waals surface area contributed by atoms with Gasteiger partial charge in [-0.1, -0.05) is 48.5 Å². The van der Waals surface area contributed by atoms with Crippen molar-refractivity contribution in [3.8, 4) is 0 Å². The molecule has 0 bridgehead atoms. The maximum absolute atomic E-state index is 12.8. The summed E-state index contributed by atoms with van der Waals surface area (Å²) in [5.41, 5.74) is 1.16. The molecule has 126 valence electrons. The number of fused-ring (bicyclic) bond motifs is 3. The molecule has 0 fully saturated rings. The molecule has 0 N–H and O–H groups in total. The van der Waals surface area contributed by atoms with E-state index in [1.54, 1.807) is 18.9 Å². The average Bonchev–Trinajstić information content (AvgIpc) is 2.72. The highest BCUT2D eigenvalue weighted by Gasteiger charge is 2.51. The minimum atomic E-state index is -1.16. The van der Waals surface area contributed by atoms with E-state index in [0.29, 0.717) is 5.76 Å². The molecule has 1 atom stereocenters. The lowest BCUT2D eigenvalue weighted by Gasteiger charge is -2.45. The van der Waals surface area contributed by atoms with Gasteiger partial charge in [0, 0.05) is 24.3 Å². The Morgan fingerprint density at radius 1 is 1.00 bits per heavy atom. The third-order valence-electron chi connectivity index (χ3n) is 4.74. The van der Waals surface area contributed by atoms with Gasteiger partial charge >= 0.3 is 0 Å². The van der Waals surface area contributed by atoms with Crippen molar-refractivity contribution in [2.75, 3.05) is 18.5 Å². The molecule has 5 heteroatoms. The minimum Gasteiger partial charge on any atom is -0.464 e. The van der Waals surface area contributed by atoms with Crippen LogP contribution in [-0.4, -0.2) is 30.3 Å². The minimum absolute atomic E-state index is 0.0529. The molecule has 0 spiro atoms. The zero-order valence-corrected chi connectivity index (χ0v) is 14.1. The predicted molar refractivity (Wildman–Crippen MR) is 93.6 cm³/mol. The molecule has 2 aliphatic rings. The highest BCUT2D eigenvalue weighted by molar-refractivity contribution is 6.01. The number of amides is 2. The van der Waals surface area contributed by atoms with Crippen LogP contribution in [0.3, 0.4) is 0 Å². The molecule has 2 aromatic carbocycles. The van der Waals surface area contributed by atoms with Crippen molar-refractivity contribution in [2.24, 2.45) is 0 Å². The zero-order chi connectivity index (χ0) is 17.6. The van der Waals surface area contributed by atoms with Gasteiger partial charge in [-0.25, -0.2) is 0 Å². The summed E-state index contributed by atoms with van der Waals surface area (Å²) in [5.74, 6) is 0.137. The molecular weight excluding hydrogens is 316 g/mol. The molecule has 1 unspecified atom stereocenters. The summed E-state index contributed by atoms with van der Waals surface area (Å²) in [6.45, 7) is 1.71. The monoisotopic (exact) mass is 334 g/mol. The molecule has 0 saturated carbocycles. The lowest BCUT2D eigenvalue weighted by molar-refractivity contribution is -0.161. The molecule has 5 nitrogen and oxygen atoms in total. The summed E-state index contributed by atoms with van der Waals surface area (Å²) >= 11 is 0. The molecular formula is C20H18N2O3. The molecule has 4 rings (SSSR count). The fourth-order valence-electron chi connectivity index (χ4n) is 3.58. The van der Waals surface area contributed by atoms with Crippen LogP contribution in [0.1, 0.15) is 18.1 Å². The van der Waals surface area contributed by atoms with Crippen LogP contribution in [0.4, 0.5) is 5.69 Å². The number of nitrogens with zero attached hydrogens (tertiary/aromatic N) is 2. The number of rotatable bonds is 1. The number of ether oxygens (including phenoxy) is 1. The van der Waals surface area contributed by atoms with E-state index < -0.39 is 5.72 Å². The number of para-hydroxylation sites is 1. The van der Waals surface area contributed by atoms with E-state index >= 15 is 0 Å². The second-order valence-electron chi connectivity index (χ2n) is 6.26. The number of anilines is 1. The van der Waals surface area contributed by atoms with Crippen LogP contribution >= 0.6 is 0 Å². The van der Waals surface area contributed by atoms with Crippen LogP contribution in [0.15, 0.2) is 66.4 Å². The van der Waals surface area contributed by atoms with Gasteiger partial charge in [-0.15, -0.1) is 0 Å². The van der Waals surface area contributed by atoms with Gasteiger partial charge in [-0.05, 0) is 13.0 Å².